The van der Waals surface area contributed by atoms with Crippen LogP contribution in [-0.4, -0.2) is 34.2 Å². The van der Waals surface area contributed by atoms with Crippen LogP contribution in [0.4, 0.5) is 0 Å². The molecule has 0 fully saturated rings. The summed E-state index contributed by atoms with van der Waals surface area (Å²) in [5, 5.41) is -0.295. The van der Waals surface area contributed by atoms with Crippen molar-refractivity contribution in [3.63, 3.8) is 0 Å². The molecule has 0 saturated carbocycles. The number of rotatable bonds is 1. The zero-order chi connectivity index (χ0) is 11.2. The minimum absolute atomic E-state index is 0.220. The van der Waals surface area contributed by atoms with Crippen molar-refractivity contribution in [1.29, 1.82) is 0 Å². The molecule has 0 saturated heterocycles. The molecular formula is C7H8N4O3S. The lowest BCUT2D eigenvalue weighted by Crippen LogP contribution is -2.11. The van der Waals surface area contributed by atoms with Crippen molar-refractivity contribution in [2.24, 2.45) is 7.05 Å². The average Bonchev–Trinajstić information content (AvgIpc) is 2.41. The molecule has 0 aliphatic rings. The second-order valence-corrected chi connectivity index (χ2v) is 5.06. The number of hydrogen-bond acceptors (Lipinski definition) is 5. The van der Waals surface area contributed by atoms with Crippen LogP contribution in [0.1, 0.15) is 0 Å². The summed E-state index contributed by atoms with van der Waals surface area (Å²) in [5.74, 6) is 0. The number of nitrogens with one attached hydrogen (secondary N) is 1. The number of nitrogens with zero attached hydrogens (tertiary/aromatic N) is 3. The predicted molar refractivity (Wildman–Crippen MR) is 52.2 cm³/mol. The summed E-state index contributed by atoms with van der Waals surface area (Å²) in [4.78, 5) is 21.0. The van der Waals surface area contributed by atoms with Crippen LogP contribution in [0.25, 0.3) is 11.2 Å². The topological polar surface area (TPSA) is 97.7 Å². The predicted octanol–water partition coefficient (Wildman–Crippen LogP) is -0.940. The van der Waals surface area contributed by atoms with E-state index in [-0.39, 0.29) is 16.5 Å². The number of H-pyrrole nitrogens is 1. The molecule has 0 radical (unpaired) electrons. The van der Waals surface area contributed by atoms with E-state index in [0.717, 1.165) is 6.26 Å². The number of sulfone groups is 1. The molecule has 0 aliphatic carbocycles. The molecule has 0 spiro atoms. The Kier molecular flexibility index (Phi) is 1.90. The highest BCUT2D eigenvalue weighted by atomic mass is 32.2. The van der Waals surface area contributed by atoms with Crippen molar-refractivity contribution in [2.45, 2.75) is 5.16 Å². The van der Waals surface area contributed by atoms with E-state index in [1.165, 1.54) is 10.8 Å². The van der Waals surface area contributed by atoms with Gasteiger partial charge < -0.3 is 0 Å². The molecule has 0 aromatic carbocycles. The fraction of sp³-hybridized carbons (Fsp3) is 0.286. The number of aromatic nitrogens is 4. The van der Waals surface area contributed by atoms with Crippen molar-refractivity contribution >= 4 is 21.0 Å². The molecule has 2 aromatic rings. The standard InChI is InChI=1S/C7H8N4O3S/c1-11-4-3-8-6(15(2,13)14)9-5(4)10-7(11)12/h3H,1-2H3,(H,8,9,10,12). The van der Waals surface area contributed by atoms with Crippen LogP contribution in [0.2, 0.25) is 0 Å². The Morgan fingerprint density at radius 1 is 1.47 bits per heavy atom. The number of imidazole rings is 1. The highest BCUT2D eigenvalue weighted by molar-refractivity contribution is 7.90. The van der Waals surface area contributed by atoms with Gasteiger partial charge in [-0.25, -0.2) is 18.2 Å². The number of hydrogen-bond donors (Lipinski definition) is 1. The van der Waals surface area contributed by atoms with Crippen LogP contribution < -0.4 is 5.69 Å². The molecule has 2 rings (SSSR count). The summed E-state index contributed by atoms with van der Waals surface area (Å²) >= 11 is 0. The van der Waals surface area contributed by atoms with Gasteiger partial charge in [0.25, 0.3) is 0 Å². The smallest absolute Gasteiger partial charge is 0.292 e. The van der Waals surface area contributed by atoms with Gasteiger partial charge in [0, 0.05) is 13.3 Å². The summed E-state index contributed by atoms with van der Waals surface area (Å²) < 4.78 is 23.6. The first kappa shape index (κ1) is 9.84. The lowest BCUT2D eigenvalue weighted by molar-refractivity contribution is 0.593. The number of aryl methyl sites for hydroxylation is 1. The Morgan fingerprint density at radius 2 is 2.13 bits per heavy atom. The van der Waals surface area contributed by atoms with Crippen LogP contribution >= 0.6 is 0 Å². The number of fused-ring (bicyclic) bond motifs is 1. The summed E-state index contributed by atoms with van der Waals surface area (Å²) in [6.07, 6.45) is 2.31. The minimum atomic E-state index is -3.45. The van der Waals surface area contributed by atoms with Gasteiger partial charge in [-0.1, -0.05) is 0 Å². The lowest BCUT2D eigenvalue weighted by atomic mass is 10.5. The van der Waals surface area contributed by atoms with Crippen LogP contribution in [-0.2, 0) is 16.9 Å². The van der Waals surface area contributed by atoms with E-state index >= 15 is 0 Å². The third kappa shape index (κ3) is 1.52. The van der Waals surface area contributed by atoms with Gasteiger partial charge in [-0.05, 0) is 0 Å². The Hall–Kier alpha value is -1.70. The Balaban J connectivity index is 2.84. The quantitative estimate of drug-likeness (QED) is 0.635. The Morgan fingerprint density at radius 3 is 2.73 bits per heavy atom. The van der Waals surface area contributed by atoms with Gasteiger partial charge in [-0.3, -0.25) is 9.55 Å². The molecule has 2 aromatic heterocycles. The normalized spacial score (nSPS) is 12.1. The van der Waals surface area contributed by atoms with Gasteiger partial charge in [-0.15, -0.1) is 0 Å². The maximum absolute atomic E-state index is 11.2. The molecule has 2 heterocycles. The fourth-order valence-electron chi connectivity index (χ4n) is 1.17. The average molecular weight is 228 g/mol. The third-order valence-corrected chi connectivity index (χ3v) is 2.83. The van der Waals surface area contributed by atoms with E-state index in [1.54, 1.807) is 7.05 Å². The molecule has 0 aliphatic heterocycles. The van der Waals surface area contributed by atoms with Crippen LogP contribution in [0.3, 0.4) is 0 Å². The van der Waals surface area contributed by atoms with Crippen LogP contribution in [0.15, 0.2) is 16.1 Å². The van der Waals surface area contributed by atoms with Crippen molar-refractivity contribution in [3.8, 4) is 0 Å². The molecule has 0 unspecified atom stereocenters. The highest BCUT2D eigenvalue weighted by Gasteiger charge is 2.13. The maximum atomic E-state index is 11.2. The largest absolute Gasteiger partial charge is 0.327 e. The molecular weight excluding hydrogens is 220 g/mol. The fourth-order valence-corrected chi connectivity index (χ4v) is 1.67. The molecule has 0 amide bonds. The van der Waals surface area contributed by atoms with E-state index in [9.17, 15) is 13.2 Å². The Bertz CT molecular complexity index is 682. The lowest BCUT2D eigenvalue weighted by Gasteiger charge is -1.96. The van der Waals surface area contributed by atoms with Gasteiger partial charge in [0.1, 0.15) is 5.52 Å². The first-order valence-corrected chi connectivity index (χ1v) is 5.90. The van der Waals surface area contributed by atoms with Gasteiger partial charge >= 0.3 is 5.69 Å². The van der Waals surface area contributed by atoms with Gasteiger partial charge in [0.15, 0.2) is 5.65 Å². The first-order chi connectivity index (χ1) is 6.89. The van der Waals surface area contributed by atoms with Gasteiger partial charge in [0.05, 0.1) is 6.20 Å². The molecule has 0 bridgehead atoms. The third-order valence-electron chi connectivity index (χ3n) is 1.97. The highest BCUT2D eigenvalue weighted by Crippen LogP contribution is 2.07. The second-order valence-electron chi connectivity index (χ2n) is 3.15. The monoisotopic (exact) mass is 228 g/mol. The molecule has 15 heavy (non-hydrogen) atoms. The zero-order valence-electron chi connectivity index (χ0n) is 8.05. The van der Waals surface area contributed by atoms with E-state index in [2.05, 4.69) is 15.0 Å². The van der Waals surface area contributed by atoms with E-state index in [0.29, 0.717) is 5.52 Å². The Labute approximate surface area is 84.7 Å². The van der Waals surface area contributed by atoms with Crippen molar-refractivity contribution < 1.29 is 8.42 Å². The summed E-state index contributed by atoms with van der Waals surface area (Å²) in [6, 6.07) is 0. The molecule has 8 heteroatoms. The molecule has 0 atom stereocenters. The van der Waals surface area contributed by atoms with Crippen molar-refractivity contribution in [2.75, 3.05) is 6.26 Å². The van der Waals surface area contributed by atoms with E-state index in [1.807, 2.05) is 0 Å². The SMILES string of the molecule is Cn1c(=O)[nH]c2nc(S(C)(=O)=O)ncc21. The molecule has 7 nitrogen and oxygen atoms in total. The van der Waals surface area contributed by atoms with Gasteiger partial charge in [0.2, 0.25) is 15.0 Å². The molecule has 80 valence electrons. The summed E-state index contributed by atoms with van der Waals surface area (Å²) in [5.41, 5.74) is 0.329. The first-order valence-electron chi connectivity index (χ1n) is 4.01. The van der Waals surface area contributed by atoms with Crippen LogP contribution in [0.5, 0.6) is 0 Å². The van der Waals surface area contributed by atoms with E-state index in [4.69, 9.17) is 0 Å². The maximum Gasteiger partial charge on any atom is 0.327 e. The minimum Gasteiger partial charge on any atom is -0.292 e. The number of aromatic amines is 1. The zero-order valence-corrected chi connectivity index (χ0v) is 8.87. The van der Waals surface area contributed by atoms with E-state index < -0.39 is 9.84 Å². The summed E-state index contributed by atoms with van der Waals surface area (Å²) in [6.45, 7) is 0. The van der Waals surface area contributed by atoms with Gasteiger partial charge in [-0.2, -0.15) is 4.98 Å². The summed E-state index contributed by atoms with van der Waals surface area (Å²) in [7, 11) is -1.91. The van der Waals surface area contributed by atoms with Crippen molar-refractivity contribution in [1.82, 2.24) is 19.5 Å². The van der Waals surface area contributed by atoms with Crippen LogP contribution in [0, 0.1) is 0 Å². The second kappa shape index (κ2) is 2.89. The van der Waals surface area contributed by atoms with Crippen molar-refractivity contribution in [3.05, 3.63) is 16.7 Å². The molecule has 1 N–H and O–H groups in total.